The molecule has 28 heavy (non-hydrogen) atoms. The Kier molecular flexibility index (Phi) is 6.62. The molecule has 156 valence electrons. The summed E-state index contributed by atoms with van der Waals surface area (Å²) < 4.78 is 5.32. The molecule has 1 aromatic heterocycles. The zero-order valence-corrected chi connectivity index (χ0v) is 17.8. The molecule has 0 aromatic carbocycles. The van der Waals surface area contributed by atoms with Crippen molar-refractivity contribution in [3.8, 4) is 0 Å². The average Bonchev–Trinajstić information content (AvgIpc) is 2.66. The maximum atomic E-state index is 11.8. The summed E-state index contributed by atoms with van der Waals surface area (Å²) >= 11 is 0. The highest BCUT2D eigenvalue weighted by Crippen LogP contribution is 2.26. The van der Waals surface area contributed by atoms with Crippen molar-refractivity contribution in [1.82, 2.24) is 15.3 Å². The summed E-state index contributed by atoms with van der Waals surface area (Å²) in [6.07, 6.45) is 5.98. The predicted octanol–water partition coefficient (Wildman–Crippen LogP) is 3.45. The van der Waals surface area contributed by atoms with E-state index in [1.807, 2.05) is 20.8 Å². The summed E-state index contributed by atoms with van der Waals surface area (Å²) in [5.41, 5.74) is -0.454. The Hall–Kier alpha value is -2.05. The zero-order valence-electron chi connectivity index (χ0n) is 17.8. The number of ether oxygens (including phenoxy) is 1. The van der Waals surface area contributed by atoms with Gasteiger partial charge in [-0.25, -0.2) is 14.8 Å². The summed E-state index contributed by atoms with van der Waals surface area (Å²) in [5, 5.41) is 2.91. The van der Waals surface area contributed by atoms with Crippen LogP contribution in [-0.2, 0) is 4.74 Å². The Balaban J connectivity index is 1.48. The van der Waals surface area contributed by atoms with E-state index in [1.165, 1.54) is 12.8 Å². The average molecular weight is 390 g/mol. The van der Waals surface area contributed by atoms with E-state index in [0.717, 1.165) is 56.6 Å². The lowest BCUT2D eigenvalue weighted by molar-refractivity contribution is 0.0517. The molecule has 1 N–H and O–H groups in total. The van der Waals surface area contributed by atoms with Gasteiger partial charge >= 0.3 is 6.09 Å². The second kappa shape index (κ2) is 8.97. The van der Waals surface area contributed by atoms with Gasteiger partial charge in [0.15, 0.2) is 0 Å². The van der Waals surface area contributed by atoms with Crippen LogP contribution in [-0.4, -0.2) is 54.4 Å². The molecule has 3 heterocycles. The minimum atomic E-state index is -0.454. The smallest absolute Gasteiger partial charge is 0.407 e. The van der Waals surface area contributed by atoms with Crippen molar-refractivity contribution < 1.29 is 9.53 Å². The maximum absolute atomic E-state index is 11.8. The fraction of sp³-hybridized carbons (Fsp3) is 0.762. The van der Waals surface area contributed by atoms with E-state index < -0.39 is 5.60 Å². The topological polar surface area (TPSA) is 70.6 Å². The van der Waals surface area contributed by atoms with Gasteiger partial charge in [-0.3, -0.25) is 0 Å². The summed E-state index contributed by atoms with van der Waals surface area (Å²) in [6.45, 7) is 12.7. The van der Waals surface area contributed by atoms with Crippen LogP contribution < -0.4 is 15.1 Å². The van der Waals surface area contributed by atoms with Gasteiger partial charge in [0.05, 0.1) is 0 Å². The molecular weight excluding hydrogens is 354 g/mol. The minimum Gasteiger partial charge on any atom is -0.444 e. The number of hydrogen-bond donors (Lipinski definition) is 1. The second-order valence-corrected chi connectivity index (χ2v) is 9.24. The predicted molar refractivity (Wildman–Crippen MR) is 112 cm³/mol. The van der Waals surface area contributed by atoms with Crippen molar-refractivity contribution in [3.05, 3.63) is 12.4 Å². The lowest BCUT2D eigenvalue weighted by Crippen LogP contribution is -2.40. The standard InChI is InChI=1S/C21H35N5O2/c1-16-6-5-9-26(14-16)19-12-18(23-15-24-19)25-10-7-17(8-11-25)13-22-20(27)28-21(2,3)4/h12,15-17H,5-11,13-14H2,1-4H3,(H,22,27). The lowest BCUT2D eigenvalue weighted by atomic mass is 9.97. The van der Waals surface area contributed by atoms with Crippen LogP contribution in [0.2, 0.25) is 0 Å². The maximum Gasteiger partial charge on any atom is 0.407 e. The first-order valence-corrected chi connectivity index (χ1v) is 10.6. The number of carbonyl (C=O) groups excluding carboxylic acids is 1. The Bertz CT molecular complexity index is 652. The highest BCUT2D eigenvalue weighted by molar-refractivity contribution is 5.67. The van der Waals surface area contributed by atoms with E-state index in [1.54, 1.807) is 6.33 Å². The van der Waals surface area contributed by atoms with Crippen molar-refractivity contribution in [2.45, 2.75) is 59.0 Å². The first-order chi connectivity index (χ1) is 13.3. The molecule has 2 aliphatic rings. The van der Waals surface area contributed by atoms with Gasteiger partial charge in [-0.2, -0.15) is 0 Å². The molecule has 0 radical (unpaired) electrons. The van der Waals surface area contributed by atoms with Crippen molar-refractivity contribution in [1.29, 1.82) is 0 Å². The van der Waals surface area contributed by atoms with Gasteiger partial charge in [0.25, 0.3) is 0 Å². The van der Waals surface area contributed by atoms with Gasteiger partial charge in [0, 0.05) is 38.8 Å². The highest BCUT2D eigenvalue weighted by Gasteiger charge is 2.24. The molecule has 0 saturated carbocycles. The van der Waals surface area contributed by atoms with Crippen LogP contribution in [0.5, 0.6) is 0 Å². The highest BCUT2D eigenvalue weighted by atomic mass is 16.6. The van der Waals surface area contributed by atoms with Crippen LogP contribution in [0.3, 0.4) is 0 Å². The Labute approximate surface area is 168 Å². The number of amides is 1. The van der Waals surface area contributed by atoms with Crippen LogP contribution >= 0.6 is 0 Å². The van der Waals surface area contributed by atoms with Gasteiger partial charge in [-0.15, -0.1) is 0 Å². The number of hydrogen-bond acceptors (Lipinski definition) is 6. The first kappa shape index (κ1) is 20.7. The van der Waals surface area contributed by atoms with Crippen LogP contribution in [0, 0.1) is 11.8 Å². The van der Waals surface area contributed by atoms with Crippen molar-refractivity contribution in [3.63, 3.8) is 0 Å². The fourth-order valence-corrected chi connectivity index (χ4v) is 3.99. The number of carbonyl (C=O) groups is 1. The molecule has 0 spiro atoms. The van der Waals surface area contributed by atoms with E-state index in [9.17, 15) is 4.79 Å². The normalized spacial score (nSPS) is 21.5. The van der Waals surface area contributed by atoms with Crippen molar-refractivity contribution >= 4 is 17.7 Å². The van der Waals surface area contributed by atoms with Gasteiger partial charge < -0.3 is 19.9 Å². The Morgan fingerprint density at radius 2 is 1.82 bits per heavy atom. The molecule has 7 heteroatoms. The molecule has 2 saturated heterocycles. The van der Waals surface area contributed by atoms with E-state index in [0.29, 0.717) is 12.5 Å². The van der Waals surface area contributed by atoms with Gasteiger partial charge in [-0.05, 0) is 58.3 Å². The zero-order chi connectivity index (χ0) is 20.1. The number of anilines is 2. The van der Waals surface area contributed by atoms with Gasteiger partial charge in [0.1, 0.15) is 23.6 Å². The third-order valence-corrected chi connectivity index (χ3v) is 5.49. The number of rotatable bonds is 4. The minimum absolute atomic E-state index is 0.328. The monoisotopic (exact) mass is 389 g/mol. The van der Waals surface area contributed by atoms with E-state index in [2.05, 4.69) is 38.1 Å². The van der Waals surface area contributed by atoms with Crippen LogP contribution in [0.15, 0.2) is 12.4 Å². The fourth-order valence-electron chi connectivity index (χ4n) is 3.99. The van der Waals surface area contributed by atoms with Gasteiger partial charge in [0.2, 0.25) is 0 Å². The van der Waals surface area contributed by atoms with Crippen LogP contribution in [0.4, 0.5) is 16.4 Å². The Morgan fingerprint density at radius 3 is 2.46 bits per heavy atom. The molecular formula is C21H35N5O2. The SMILES string of the molecule is CC1CCCN(c2cc(N3CCC(CNC(=O)OC(C)(C)C)CC3)ncn2)C1. The van der Waals surface area contributed by atoms with Crippen LogP contribution in [0.1, 0.15) is 53.4 Å². The quantitative estimate of drug-likeness (QED) is 0.850. The largest absolute Gasteiger partial charge is 0.444 e. The first-order valence-electron chi connectivity index (χ1n) is 10.6. The number of piperidine rings is 2. The number of alkyl carbamates (subject to hydrolysis) is 1. The van der Waals surface area contributed by atoms with Crippen molar-refractivity contribution in [2.75, 3.05) is 42.5 Å². The van der Waals surface area contributed by atoms with E-state index in [-0.39, 0.29) is 6.09 Å². The molecule has 1 atom stereocenters. The number of nitrogens with zero attached hydrogens (tertiary/aromatic N) is 4. The van der Waals surface area contributed by atoms with E-state index >= 15 is 0 Å². The molecule has 0 aliphatic carbocycles. The second-order valence-electron chi connectivity index (χ2n) is 9.24. The molecule has 0 bridgehead atoms. The summed E-state index contributed by atoms with van der Waals surface area (Å²) in [4.78, 5) is 25.6. The molecule has 7 nitrogen and oxygen atoms in total. The summed E-state index contributed by atoms with van der Waals surface area (Å²) in [5.74, 6) is 3.26. The number of nitrogens with one attached hydrogen (secondary N) is 1. The lowest BCUT2D eigenvalue weighted by Gasteiger charge is -2.34. The number of aromatic nitrogens is 2. The third-order valence-electron chi connectivity index (χ3n) is 5.49. The molecule has 2 aliphatic heterocycles. The molecule has 1 aromatic rings. The molecule has 1 unspecified atom stereocenters. The van der Waals surface area contributed by atoms with Crippen molar-refractivity contribution in [2.24, 2.45) is 11.8 Å². The molecule has 1 amide bonds. The van der Waals surface area contributed by atoms with Crippen LogP contribution in [0.25, 0.3) is 0 Å². The third kappa shape index (κ3) is 5.97. The summed E-state index contributed by atoms with van der Waals surface area (Å²) in [6, 6.07) is 2.14. The van der Waals surface area contributed by atoms with Gasteiger partial charge in [-0.1, -0.05) is 6.92 Å². The summed E-state index contributed by atoms with van der Waals surface area (Å²) in [7, 11) is 0. The Morgan fingerprint density at radius 1 is 1.14 bits per heavy atom. The van der Waals surface area contributed by atoms with E-state index in [4.69, 9.17) is 4.74 Å². The molecule has 2 fully saturated rings. The molecule has 3 rings (SSSR count).